The number of aromatic amines is 1. The van der Waals surface area contributed by atoms with Crippen LogP contribution >= 0.6 is 0 Å². The maximum atomic E-state index is 6.37. The van der Waals surface area contributed by atoms with Crippen molar-refractivity contribution in [1.29, 1.82) is 0 Å². The largest absolute Gasteiger partial charge is 0.457 e. The van der Waals surface area contributed by atoms with Gasteiger partial charge in [0.15, 0.2) is 0 Å². The van der Waals surface area contributed by atoms with Crippen molar-refractivity contribution >= 4 is 11.0 Å². The lowest BCUT2D eigenvalue weighted by Crippen LogP contribution is -2.23. The maximum Gasteiger partial charge on any atom is 0.141 e. The van der Waals surface area contributed by atoms with Gasteiger partial charge < -0.3 is 15.0 Å². The predicted octanol–water partition coefficient (Wildman–Crippen LogP) is 5.41. The number of nitrogens with zero attached hydrogens (tertiary/aromatic N) is 2. The van der Waals surface area contributed by atoms with E-state index in [1.165, 1.54) is 11.1 Å². The molecule has 152 valence electrons. The van der Waals surface area contributed by atoms with Crippen LogP contribution in [0.4, 0.5) is 0 Å². The number of rotatable bonds is 6. The van der Waals surface area contributed by atoms with E-state index in [-0.39, 0.29) is 0 Å². The molecular formula is C25H26N4O. The van der Waals surface area contributed by atoms with Gasteiger partial charge >= 0.3 is 0 Å². The molecule has 0 fully saturated rings. The van der Waals surface area contributed by atoms with Gasteiger partial charge in [0.2, 0.25) is 0 Å². The normalized spacial score (nSPS) is 13.4. The number of fused-ring (bicyclic) bond motifs is 2. The minimum Gasteiger partial charge on any atom is -0.457 e. The molecule has 4 aromatic rings. The minimum absolute atomic E-state index is 0.812. The lowest BCUT2D eigenvalue weighted by atomic mass is 10.0. The third kappa shape index (κ3) is 3.68. The van der Waals surface area contributed by atoms with Crippen molar-refractivity contribution < 1.29 is 4.74 Å². The molecule has 1 aromatic carbocycles. The van der Waals surface area contributed by atoms with E-state index in [0.717, 1.165) is 78.1 Å². The number of aryl methyl sites for hydroxylation is 1. The van der Waals surface area contributed by atoms with Crippen LogP contribution in [0.3, 0.4) is 0 Å². The van der Waals surface area contributed by atoms with Crippen LogP contribution in [0.2, 0.25) is 0 Å². The van der Waals surface area contributed by atoms with E-state index in [0.29, 0.717) is 0 Å². The van der Waals surface area contributed by atoms with Crippen LogP contribution in [-0.2, 0) is 19.4 Å². The topological polar surface area (TPSA) is 62.8 Å². The highest BCUT2D eigenvalue weighted by Crippen LogP contribution is 2.37. The number of benzene rings is 1. The summed E-state index contributed by atoms with van der Waals surface area (Å²) in [5.74, 6) is 1.67. The van der Waals surface area contributed by atoms with Gasteiger partial charge in [-0.2, -0.15) is 0 Å². The summed E-state index contributed by atoms with van der Waals surface area (Å²) in [5.41, 5.74) is 6.89. The van der Waals surface area contributed by atoms with Gasteiger partial charge in [0.05, 0.1) is 5.39 Å². The second-order valence-corrected chi connectivity index (χ2v) is 7.83. The van der Waals surface area contributed by atoms with Crippen molar-refractivity contribution in [3.05, 3.63) is 71.8 Å². The lowest BCUT2D eigenvalue weighted by molar-refractivity contribution is 0.485. The first-order valence-corrected chi connectivity index (χ1v) is 10.7. The zero-order valence-electron chi connectivity index (χ0n) is 17.2. The fraction of sp³-hybridized carbons (Fsp3) is 0.280. The number of unbranched alkanes of at least 4 members (excludes halogenated alkanes) is 1. The Hall–Kier alpha value is -3.18. The van der Waals surface area contributed by atoms with Gasteiger partial charge in [-0.05, 0) is 72.8 Å². The summed E-state index contributed by atoms with van der Waals surface area (Å²) in [6.07, 6.45) is 10.1. The molecule has 5 heteroatoms. The van der Waals surface area contributed by atoms with Gasteiger partial charge in [-0.25, -0.2) is 4.98 Å². The average molecular weight is 399 g/mol. The third-order valence-electron chi connectivity index (χ3n) is 5.74. The first kappa shape index (κ1) is 18.8. The quantitative estimate of drug-likeness (QED) is 0.456. The molecule has 4 heterocycles. The average Bonchev–Trinajstić information content (AvgIpc) is 3.23. The van der Waals surface area contributed by atoms with E-state index < -0.39 is 0 Å². The molecule has 5 nitrogen and oxygen atoms in total. The lowest BCUT2D eigenvalue weighted by Gasteiger charge is -2.18. The smallest absolute Gasteiger partial charge is 0.141 e. The fourth-order valence-corrected chi connectivity index (χ4v) is 4.13. The summed E-state index contributed by atoms with van der Waals surface area (Å²) >= 11 is 0. The van der Waals surface area contributed by atoms with Gasteiger partial charge in [0.1, 0.15) is 17.1 Å². The molecule has 1 aliphatic heterocycles. The van der Waals surface area contributed by atoms with E-state index in [2.05, 4.69) is 57.5 Å². The number of hydrogen-bond acceptors (Lipinski definition) is 4. The van der Waals surface area contributed by atoms with Crippen molar-refractivity contribution in [3.8, 4) is 22.6 Å². The molecule has 0 saturated heterocycles. The molecule has 0 atom stereocenters. The molecule has 0 bridgehead atoms. The summed E-state index contributed by atoms with van der Waals surface area (Å²) in [7, 11) is 0. The Kier molecular flexibility index (Phi) is 5.20. The summed E-state index contributed by atoms with van der Waals surface area (Å²) < 4.78 is 6.37. The van der Waals surface area contributed by atoms with Crippen molar-refractivity contribution in [2.24, 2.45) is 0 Å². The van der Waals surface area contributed by atoms with Gasteiger partial charge in [0, 0.05) is 36.4 Å². The highest BCUT2D eigenvalue weighted by Gasteiger charge is 2.15. The standard InChI is InChI=1S/C25H26N4O/c1-2-3-4-20-13-18(8-11-27-20)22-16-29-25-24(22)23(9-12-28-25)30-21-6-5-17-7-10-26-15-19(17)14-21/h5-6,8-9,11-14,16,26H,2-4,7,10,15H2,1H3,(H,28,29). The van der Waals surface area contributed by atoms with Crippen LogP contribution in [0.15, 0.2) is 55.0 Å². The second kappa shape index (κ2) is 8.28. The van der Waals surface area contributed by atoms with Crippen LogP contribution in [0.25, 0.3) is 22.2 Å². The number of pyridine rings is 2. The van der Waals surface area contributed by atoms with Crippen LogP contribution < -0.4 is 10.1 Å². The van der Waals surface area contributed by atoms with E-state index in [4.69, 9.17) is 4.74 Å². The molecule has 0 aliphatic carbocycles. The molecule has 30 heavy (non-hydrogen) atoms. The number of H-pyrrole nitrogens is 1. The first-order chi connectivity index (χ1) is 14.8. The van der Waals surface area contributed by atoms with Crippen LogP contribution in [0.1, 0.15) is 36.6 Å². The van der Waals surface area contributed by atoms with Crippen molar-refractivity contribution in [2.45, 2.75) is 39.2 Å². The van der Waals surface area contributed by atoms with E-state index >= 15 is 0 Å². The summed E-state index contributed by atoms with van der Waals surface area (Å²) in [6, 6.07) is 12.6. The second-order valence-electron chi connectivity index (χ2n) is 7.83. The molecular weight excluding hydrogens is 372 g/mol. The van der Waals surface area contributed by atoms with Gasteiger partial charge in [0.25, 0.3) is 0 Å². The number of ether oxygens (including phenoxy) is 1. The molecule has 3 aromatic heterocycles. The Morgan fingerprint density at radius 3 is 2.90 bits per heavy atom. The maximum absolute atomic E-state index is 6.37. The molecule has 0 spiro atoms. The Morgan fingerprint density at radius 2 is 1.97 bits per heavy atom. The van der Waals surface area contributed by atoms with E-state index in [9.17, 15) is 0 Å². The molecule has 1 aliphatic rings. The minimum atomic E-state index is 0.812. The highest BCUT2D eigenvalue weighted by molar-refractivity contribution is 5.98. The zero-order valence-corrected chi connectivity index (χ0v) is 17.2. The Balaban J connectivity index is 1.52. The van der Waals surface area contributed by atoms with Crippen molar-refractivity contribution in [2.75, 3.05) is 6.54 Å². The number of hydrogen-bond donors (Lipinski definition) is 2. The van der Waals surface area contributed by atoms with Gasteiger partial charge in [-0.1, -0.05) is 19.4 Å². The number of nitrogens with one attached hydrogen (secondary N) is 2. The van der Waals surface area contributed by atoms with Crippen molar-refractivity contribution in [1.82, 2.24) is 20.3 Å². The summed E-state index contributed by atoms with van der Waals surface area (Å²) in [4.78, 5) is 12.3. The molecule has 0 radical (unpaired) electrons. The van der Waals surface area contributed by atoms with Gasteiger partial charge in [-0.3, -0.25) is 4.98 Å². The van der Waals surface area contributed by atoms with E-state index in [1.807, 2.05) is 18.5 Å². The molecule has 0 amide bonds. The SMILES string of the molecule is CCCCc1cc(-c2c[nH]c3nccc(Oc4ccc5c(c4)CNCC5)c23)ccn1. The predicted molar refractivity (Wildman–Crippen MR) is 120 cm³/mol. The van der Waals surface area contributed by atoms with Crippen molar-refractivity contribution in [3.63, 3.8) is 0 Å². The summed E-state index contributed by atoms with van der Waals surface area (Å²) in [6.45, 7) is 4.14. The van der Waals surface area contributed by atoms with Crippen LogP contribution in [-0.4, -0.2) is 21.5 Å². The molecule has 0 saturated carbocycles. The fourth-order valence-electron chi connectivity index (χ4n) is 4.13. The summed E-state index contributed by atoms with van der Waals surface area (Å²) in [5, 5.41) is 4.43. The third-order valence-corrected chi connectivity index (χ3v) is 5.74. The zero-order chi connectivity index (χ0) is 20.3. The van der Waals surface area contributed by atoms with Gasteiger partial charge in [-0.15, -0.1) is 0 Å². The highest BCUT2D eigenvalue weighted by atomic mass is 16.5. The van der Waals surface area contributed by atoms with Crippen LogP contribution in [0, 0.1) is 0 Å². The Bertz CT molecular complexity index is 1180. The molecule has 2 N–H and O–H groups in total. The van der Waals surface area contributed by atoms with Crippen LogP contribution in [0.5, 0.6) is 11.5 Å². The number of aromatic nitrogens is 3. The van der Waals surface area contributed by atoms with E-state index in [1.54, 1.807) is 6.20 Å². The molecule has 5 rings (SSSR count). The monoisotopic (exact) mass is 398 g/mol. The first-order valence-electron chi connectivity index (χ1n) is 10.7. The molecule has 0 unspecified atom stereocenters. The Labute approximate surface area is 176 Å². The Morgan fingerprint density at radius 1 is 1.03 bits per heavy atom.